The van der Waals surface area contributed by atoms with Gasteiger partial charge in [-0.15, -0.1) is 0 Å². The van der Waals surface area contributed by atoms with Crippen LogP contribution in [0.25, 0.3) is 16.9 Å². The van der Waals surface area contributed by atoms with Crippen LogP contribution < -0.4 is 16.0 Å². The first-order valence-electron chi connectivity index (χ1n) is 9.81. The highest BCUT2D eigenvalue weighted by molar-refractivity contribution is 5.73. The molecule has 2 aromatic heterocycles. The molecule has 31 heavy (non-hydrogen) atoms. The highest BCUT2D eigenvalue weighted by atomic mass is 16.5. The summed E-state index contributed by atoms with van der Waals surface area (Å²) in [5.41, 5.74) is 1.57. The van der Waals surface area contributed by atoms with Crippen molar-refractivity contribution in [2.24, 2.45) is 0 Å². The van der Waals surface area contributed by atoms with E-state index in [-0.39, 0.29) is 11.7 Å². The minimum absolute atomic E-state index is 0.257. The highest BCUT2D eigenvalue weighted by Gasteiger charge is 2.22. The van der Waals surface area contributed by atoms with Gasteiger partial charge in [-0.1, -0.05) is 24.3 Å². The molecule has 0 aliphatic rings. The lowest BCUT2D eigenvalue weighted by Gasteiger charge is -2.16. The van der Waals surface area contributed by atoms with Gasteiger partial charge in [-0.2, -0.15) is 5.26 Å². The van der Waals surface area contributed by atoms with Gasteiger partial charge in [0.1, 0.15) is 5.75 Å². The minimum Gasteiger partial charge on any atom is -0.495 e. The Morgan fingerprint density at radius 2 is 1.90 bits per heavy atom. The summed E-state index contributed by atoms with van der Waals surface area (Å²) in [4.78, 5) is 31.1. The summed E-state index contributed by atoms with van der Waals surface area (Å²) in [7, 11) is 1.53. The fourth-order valence-electron chi connectivity index (χ4n) is 3.70. The predicted molar refractivity (Wildman–Crippen MR) is 117 cm³/mol. The van der Waals surface area contributed by atoms with Crippen LogP contribution in [0.2, 0.25) is 0 Å². The highest BCUT2D eigenvalue weighted by Crippen LogP contribution is 2.23. The van der Waals surface area contributed by atoms with Gasteiger partial charge >= 0.3 is 5.69 Å². The van der Waals surface area contributed by atoms with Gasteiger partial charge in [0.15, 0.2) is 11.2 Å². The second-order valence-electron chi connectivity index (χ2n) is 7.42. The molecule has 0 bridgehead atoms. The van der Waals surface area contributed by atoms with E-state index in [1.165, 1.54) is 16.2 Å². The maximum Gasteiger partial charge on any atom is 0.337 e. The van der Waals surface area contributed by atoms with Crippen molar-refractivity contribution < 1.29 is 4.74 Å². The van der Waals surface area contributed by atoms with Crippen molar-refractivity contribution in [2.45, 2.75) is 26.4 Å². The molecule has 156 valence electrons. The number of methoxy groups -OCH3 is 1. The third-order valence-electron chi connectivity index (χ3n) is 5.10. The van der Waals surface area contributed by atoms with Gasteiger partial charge in [-0.05, 0) is 43.7 Å². The molecule has 2 heterocycles. The number of fused-ring (bicyclic) bond motifs is 1. The number of aromatic nitrogens is 4. The molecule has 0 saturated carbocycles. The van der Waals surface area contributed by atoms with Crippen molar-refractivity contribution in [1.82, 2.24) is 18.7 Å². The Morgan fingerprint density at radius 1 is 1.13 bits per heavy atom. The standard InChI is InChI=1S/C23H21N5O3/c1-15(2)27-22(29)20-21(28(23(27)30)18-9-4-5-10-19(18)31-3)25-14-26(20)13-17-8-6-7-16(11-17)12-24/h4-11,14-15H,13H2,1-3H3. The number of hydrogen-bond donors (Lipinski definition) is 0. The summed E-state index contributed by atoms with van der Waals surface area (Å²) in [6.07, 6.45) is 1.54. The Hall–Kier alpha value is -4.12. The minimum atomic E-state index is -0.478. The lowest BCUT2D eigenvalue weighted by atomic mass is 10.1. The molecule has 0 radical (unpaired) electrons. The van der Waals surface area contributed by atoms with Gasteiger partial charge in [0.2, 0.25) is 0 Å². The monoisotopic (exact) mass is 415 g/mol. The molecule has 0 aliphatic heterocycles. The van der Waals surface area contributed by atoms with E-state index < -0.39 is 11.2 Å². The second-order valence-corrected chi connectivity index (χ2v) is 7.42. The molecule has 4 rings (SSSR count). The van der Waals surface area contributed by atoms with E-state index in [1.807, 2.05) is 12.1 Å². The van der Waals surface area contributed by atoms with Gasteiger partial charge < -0.3 is 9.30 Å². The number of benzene rings is 2. The second kappa shape index (κ2) is 7.95. The number of imidazole rings is 1. The summed E-state index contributed by atoms with van der Waals surface area (Å²) in [6, 6.07) is 16.0. The van der Waals surface area contributed by atoms with Crippen molar-refractivity contribution in [2.75, 3.05) is 7.11 Å². The molecule has 0 unspecified atom stereocenters. The SMILES string of the molecule is COc1ccccc1-n1c(=O)n(C(C)C)c(=O)c2c1ncn2Cc1cccc(C#N)c1. The van der Waals surface area contributed by atoms with Crippen LogP contribution >= 0.6 is 0 Å². The predicted octanol–water partition coefficient (Wildman–Crippen LogP) is 2.86. The van der Waals surface area contributed by atoms with Crippen LogP contribution in [0.15, 0.2) is 64.4 Å². The van der Waals surface area contributed by atoms with Gasteiger partial charge in [-0.3, -0.25) is 9.36 Å². The average Bonchev–Trinajstić information content (AvgIpc) is 3.17. The molecule has 0 N–H and O–H groups in total. The number of nitriles is 1. The van der Waals surface area contributed by atoms with Gasteiger partial charge in [-0.25, -0.2) is 14.3 Å². The van der Waals surface area contributed by atoms with Crippen molar-refractivity contribution in [3.8, 4) is 17.5 Å². The van der Waals surface area contributed by atoms with Gasteiger partial charge in [0.05, 0.1) is 30.8 Å². The van der Waals surface area contributed by atoms with Gasteiger partial charge in [0.25, 0.3) is 5.56 Å². The fourth-order valence-corrected chi connectivity index (χ4v) is 3.70. The molecular weight excluding hydrogens is 394 g/mol. The lowest BCUT2D eigenvalue weighted by molar-refractivity contribution is 0.412. The third-order valence-corrected chi connectivity index (χ3v) is 5.10. The van der Waals surface area contributed by atoms with Crippen LogP contribution in [0, 0.1) is 11.3 Å². The molecule has 0 saturated heterocycles. The van der Waals surface area contributed by atoms with Gasteiger partial charge in [0, 0.05) is 12.6 Å². The topological polar surface area (TPSA) is 94.8 Å². The summed E-state index contributed by atoms with van der Waals surface area (Å²) in [5.74, 6) is 0.496. The molecule has 0 aliphatic carbocycles. The third kappa shape index (κ3) is 3.40. The molecular formula is C23H21N5O3. The van der Waals surface area contributed by atoms with E-state index in [1.54, 1.807) is 61.1 Å². The maximum absolute atomic E-state index is 13.3. The van der Waals surface area contributed by atoms with E-state index in [4.69, 9.17) is 4.74 Å². The number of ether oxygens (including phenoxy) is 1. The summed E-state index contributed by atoms with van der Waals surface area (Å²) >= 11 is 0. The summed E-state index contributed by atoms with van der Waals surface area (Å²) < 4.78 is 9.79. The zero-order valence-corrected chi connectivity index (χ0v) is 17.4. The quantitative estimate of drug-likeness (QED) is 0.500. The first-order chi connectivity index (χ1) is 15.0. The average molecular weight is 415 g/mol. The molecule has 0 atom stereocenters. The zero-order chi connectivity index (χ0) is 22.1. The molecule has 0 fully saturated rings. The number of nitrogens with zero attached hydrogens (tertiary/aromatic N) is 5. The van der Waals surface area contributed by atoms with Crippen LogP contribution in [-0.4, -0.2) is 25.8 Å². The maximum atomic E-state index is 13.3. The lowest BCUT2D eigenvalue weighted by Crippen LogP contribution is -2.41. The molecule has 8 nitrogen and oxygen atoms in total. The molecule has 0 amide bonds. The zero-order valence-electron chi connectivity index (χ0n) is 17.4. The van der Waals surface area contributed by atoms with E-state index in [0.29, 0.717) is 29.1 Å². The van der Waals surface area contributed by atoms with E-state index in [0.717, 1.165) is 5.56 Å². The summed E-state index contributed by atoms with van der Waals surface area (Å²) in [6.45, 7) is 3.92. The molecule has 0 spiro atoms. The first kappa shape index (κ1) is 20.2. The Morgan fingerprint density at radius 3 is 2.61 bits per heavy atom. The van der Waals surface area contributed by atoms with Crippen LogP contribution in [0.1, 0.15) is 31.0 Å². The van der Waals surface area contributed by atoms with E-state index in [9.17, 15) is 14.9 Å². The van der Waals surface area contributed by atoms with Crippen LogP contribution in [0.4, 0.5) is 0 Å². The van der Waals surface area contributed by atoms with E-state index >= 15 is 0 Å². The van der Waals surface area contributed by atoms with E-state index in [2.05, 4.69) is 11.1 Å². The summed E-state index contributed by atoms with van der Waals surface area (Å²) in [5, 5.41) is 9.17. The fraction of sp³-hybridized carbons (Fsp3) is 0.217. The molecule has 4 aromatic rings. The molecule has 2 aromatic carbocycles. The first-order valence-corrected chi connectivity index (χ1v) is 9.81. The number of hydrogen-bond acceptors (Lipinski definition) is 5. The normalized spacial score (nSPS) is 11.1. The number of rotatable bonds is 5. The van der Waals surface area contributed by atoms with Crippen molar-refractivity contribution in [3.05, 3.63) is 86.8 Å². The van der Waals surface area contributed by atoms with Crippen molar-refractivity contribution in [1.29, 1.82) is 5.26 Å². The van der Waals surface area contributed by atoms with Crippen LogP contribution in [-0.2, 0) is 6.54 Å². The van der Waals surface area contributed by atoms with Crippen molar-refractivity contribution in [3.63, 3.8) is 0 Å². The number of para-hydroxylation sites is 2. The largest absolute Gasteiger partial charge is 0.495 e. The van der Waals surface area contributed by atoms with Crippen LogP contribution in [0.3, 0.4) is 0 Å². The Bertz CT molecular complexity index is 1440. The van der Waals surface area contributed by atoms with Crippen LogP contribution in [0.5, 0.6) is 5.75 Å². The Balaban J connectivity index is 2.03. The Labute approximate surface area is 178 Å². The smallest absolute Gasteiger partial charge is 0.337 e. The van der Waals surface area contributed by atoms with Crippen molar-refractivity contribution >= 4 is 11.2 Å². The molecule has 8 heteroatoms. The Kier molecular flexibility index (Phi) is 5.17.